The number of hydrogen-bond acceptors (Lipinski definition) is 6. The van der Waals surface area contributed by atoms with E-state index in [-0.39, 0.29) is 35.7 Å². The molecule has 35 heavy (non-hydrogen) atoms. The fourth-order valence-corrected chi connectivity index (χ4v) is 5.20. The second-order valence-corrected chi connectivity index (χ2v) is 10.7. The maximum absolute atomic E-state index is 14.9. The van der Waals surface area contributed by atoms with E-state index in [0.29, 0.717) is 16.8 Å². The Morgan fingerprint density at radius 1 is 1.29 bits per heavy atom. The topological polar surface area (TPSA) is 96.2 Å². The molecule has 1 aliphatic carbocycles. The summed E-state index contributed by atoms with van der Waals surface area (Å²) in [5.74, 6) is -1.28. The van der Waals surface area contributed by atoms with Gasteiger partial charge in [-0.25, -0.2) is 14.2 Å². The first-order chi connectivity index (χ1) is 16.6. The molecule has 0 N–H and O–H groups in total. The van der Waals surface area contributed by atoms with Gasteiger partial charge in [-0.1, -0.05) is 23.7 Å². The van der Waals surface area contributed by atoms with E-state index >= 15 is 0 Å². The van der Waals surface area contributed by atoms with Crippen LogP contribution < -0.4 is 0 Å². The van der Waals surface area contributed by atoms with Crippen LogP contribution in [-0.2, 0) is 16.0 Å². The van der Waals surface area contributed by atoms with Crippen molar-refractivity contribution in [2.45, 2.75) is 70.6 Å². The zero-order valence-corrected chi connectivity index (χ0v) is 20.8. The number of benzene rings is 1. The van der Waals surface area contributed by atoms with Crippen LogP contribution in [0, 0.1) is 29.0 Å². The number of carbonyl (C=O) groups excluding carboxylic acids is 2. The lowest BCUT2D eigenvalue weighted by Crippen LogP contribution is -2.51. The first kappa shape index (κ1) is 25.1. The summed E-state index contributed by atoms with van der Waals surface area (Å²) in [5.41, 5.74) is 0.690. The molecular formula is C26H28ClFN4O3. The van der Waals surface area contributed by atoms with Gasteiger partial charge in [0.15, 0.2) is 5.78 Å². The van der Waals surface area contributed by atoms with Crippen LogP contribution in [0.25, 0.3) is 11.3 Å². The van der Waals surface area contributed by atoms with E-state index in [0.717, 1.165) is 19.3 Å². The van der Waals surface area contributed by atoms with Crippen LogP contribution in [0.3, 0.4) is 0 Å². The standard InChI is InChI=1S/C26H28ClFN4O3/c1-26(2,3)35-25(34)32-19-7-6-18(10-19)24(32)22(33)9-15(12-29)8-16-4-5-17(11-20(16)28)21-13-31-23(27)14-30-21/h4-5,11,13-15,18-19,24H,6-10H2,1-3H3/t15?,18-,19+,24-/m0/s1. The zero-order valence-electron chi connectivity index (χ0n) is 20.0. The quantitative estimate of drug-likeness (QED) is 0.531. The highest BCUT2D eigenvalue weighted by Gasteiger charge is 2.52. The van der Waals surface area contributed by atoms with E-state index in [9.17, 15) is 19.2 Å². The van der Waals surface area contributed by atoms with Crippen LogP contribution in [0.5, 0.6) is 0 Å². The van der Waals surface area contributed by atoms with Crippen LogP contribution in [0.4, 0.5) is 9.18 Å². The monoisotopic (exact) mass is 498 g/mol. The second kappa shape index (κ2) is 9.90. The molecule has 7 nitrogen and oxygen atoms in total. The Bertz CT molecular complexity index is 1160. The first-order valence-electron chi connectivity index (χ1n) is 11.8. The SMILES string of the molecule is CC(C)(C)OC(=O)N1[C@@H]2CC[C@@H](C2)[C@H]1C(=O)CC(C#N)Cc1ccc(-c2cnc(Cl)cn2)cc1F. The smallest absolute Gasteiger partial charge is 0.411 e. The third kappa shape index (κ3) is 5.62. The molecule has 4 rings (SSSR count). The lowest BCUT2D eigenvalue weighted by molar-refractivity contribution is -0.126. The predicted molar refractivity (Wildman–Crippen MR) is 128 cm³/mol. The number of ketones is 1. The maximum Gasteiger partial charge on any atom is 0.411 e. The van der Waals surface area contributed by atoms with Crippen LogP contribution in [0.2, 0.25) is 5.15 Å². The molecule has 9 heteroatoms. The molecule has 1 aromatic heterocycles. The molecule has 184 valence electrons. The van der Waals surface area contributed by atoms with Gasteiger partial charge in [-0.05, 0) is 64.0 Å². The van der Waals surface area contributed by atoms with Crippen molar-refractivity contribution >= 4 is 23.5 Å². The molecule has 1 aromatic carbocycles. The molecule has 2 fully saturated rings. The number of nitriles is 1. The fraction of sp³-hybridized carbons (Fsp3) is 0.500. The summed E-state index contributed by atoms with van der Waals surface area (Å²) >= 11 is 5.76. The van der Waals surface area contributed by atoms with Crippen LogP contribution in [0.1, 0.15) is 52.0 Å². The lowest BCUT2D eigenvalue weighted by Gasteiger charge is -2.35. The number of hydrogen-bond donors (Lipinski definition) is 0. The van der Waals surface area contributed by atoms with Gasteiger partial charge in [-0.3, -0.25) is 14.7 Å². The van der Waals surface area contributed by atoms with E-state index < -0.39 is 29.5 Å². The Balaban J connectivity index is 1.45. The Kier molecular flexibility index (Phi) is 7.09. The van der Waals surface area contributed by atoms with Crippen molar-refractivity contribution in [1.82, 2.24) is 14.9 Å². The van der Waals surface area contributed by atoms with Gasteiger partial charge in [0.2, 0.25) is 0 Å². The van der Waals surface area contributed by atoms with Gasteiger partial charge in [0, 0.05) is 18.0 Å². The molecule has 0 spiro atoms. The molecule has 1 amide bonds. The van der Waals surface area contributed by atoms with Crippen molar-refractivity contribution in [1.29, 1.82) is 5.26 Å². The zero-order chi connectivity index (χ0) is 25.3. The van der Waals surface area contributed by atoms with Gasteiger partial charge < -0.3 is 4.74 Å². The Morgan fingerprint density at radius 3 is 2.69 bits per heavy atom. The minimum atomic E-state index is -0.710. The van der Waals surface area contributed by atoms with E-state index in [1.54, 1.807) is 37.8 Å². The summed E-state index contributed by atoms with van der Waals surface area (Å²) in [7, 11) is 0. The predicted octanol–water partition coefficient (Wildman–Crippen LogP) is 5.37. The number of Topliss-reactive ketones (excluding diaryl/α,β-unsaturated/α-hetero) is 1. The molecule has 4 atom stereocenters. The van der Waals surface area contributed by atoms with Crippen molar-refractivity contribution in [2.24, 2.45) is 11.8 Å². The number of amides is 1. The fourth-order valence-electron chi connectivity index (χ4n) is 5.11. The van der Waals surface area contributed by atoms with E-state index in [4.69, 9.17) is 16.3 Å². The molecular weight excluding hydrogens is 471 g/mol. The number of piperidine rings is 1. The van der Waals surface area contributed by atoms with Gasteiger partial charge in [0.1, 0.15) is 16.6 Å². The number of halogens is 2. The number of rotatable bonds is 6. The third-order valence-electron chi connectivity index (χ3n) is 6.58. The average Bonchev–Trinajstić information content (AvgIpc) is 3.41. The van der Waals surface area contributed by atoms with E-state index in [1.165, 1.54) is 18.5 Å². The number of ether oxygens (including phenoxy) is 1. The van der Waals surface area contributed by atoms with E-state index in [1.807, 2.05) is 0 Å². The summed E-state index contributed by atoms with van der Waals surface area (Å²) in [5, 5.41) is 9.97. The molecule has 1 unspecified atom stereocenters. The van der Waals surface area contributed by atoms with Gasteiger partial charge in [0.25, 0.3) is 0 Å². The second-order valence-electron chi connectivity index (χ2n) is 10.3. The Labute approximate surface area is 209 Å². The molecule has 1 aliphatic heterocycles. The molecule has 1 saturated heterocycles. The molecule has 2 aromatic rings. The normalized spacial score (nSPS) is 22.1. The Morgan fingerprint density at radius 2 is 2.06 bits per heavy atom. The Hall–Kier alpha value is -3.05. The largest absolute Gasteiger partial charge is 0.444 e. The van der Waals surface area contributed by atoms with Gasteiger partial charge in [0.05, 0.1) is 36.1 Å². The maximum atomic E-state index is 14.9. The summed E-state index contributed by atoms with van der Waals surface area (Å²) in [6, 6.07) is 6.19. The average molecular weight is 499 g/mol. The minimum Gasteiger partial charge on any atom is -0.444 e. The number of fused-ring (bicyclic) bond motifs is 2. The molecule has 0 radical (unpaired) electrons. The summed E-state index contributed by atoms with van der Waals surface area (Å²) in [6.07, 6.45) is 4.91. The third-order valence-corrected chi connectivity index (χ3v) is 6.78. The molecule has 2 aliphatic rings. The number of carbonyl (C=O) groups is 2. The van der Waals surface area contributed by atoms with Crippen molar-refractivity contribution in [2.75, 3.05) is 0 Å². The highest BCUT2D eigenvalue weighted by Crippen LogP contribution is 2.44. The summed E-state index contributed by atoms with van der Waals surface area (Å²) in [6.45, 7) is 5.38. The highest BCUT2D eigenvalue weighted by molar-refractivity contribution is 6.29. The van der Waals surface area contributed by atoms with Crippen molar-refractivity contribution < 1.29 is 18.7 Å². The van der Waals surface area contributed by atoms with Gasteiger partial charge >= 0.3 is 6.09 Å². The summed E-state index contributed by atoms with van der Waals surface area (Å²) in [4.78, 5) is 35.8. The van der Waals surface area contributed by atoms with Crippen molar-refractivity contribution in [3.05, 3.63) is 47.1 Å². The first-order valence-corrected chi connectivity index (χ1v) is 12.1. The van der Waals surface area contributed by atoms with E-state index in [2.05, 4.69) is 16.0 Å². The highest BCUT2D eigenvalue weighted by atomic mass is 35.5. The number of nitrogens with zero attached hydrogens (tertiary/aromatic N) is 4. The molecule has 1 saturated carbocycles. The minimum absolute atomic E-state index is 0.00899. The van der Waals surface area contributed by atoms with Gasteiger partial charge in [-0.2, -0.15) is 5.26 Å². The molecule has 2 bridgehead atoms. The van der Waals surface area contributed by atoms with Crippen LogP contribution in [-0.4, -0.2) is 44.4 Å². The van der Waals surface area contributed by atoms with Gasteiger partial charge in [-0.15, -0.1) is 0 Å². The lowest BCUT2D eigenvalue weighted by atomic mass is 9.87. The molecule has 2 heterocycles. The van der Waals surface area contributed by atoms with Crippen LogP contribution in [0.15, 0.2) is 30.6 Å². The van der Waals surface area contributed by atoms with Crippen LogP contribution >= 0.6 is 11.6 Å². The van der Waals surface area contributed by atoms with Crippen molar-refractivity contribution in [3.63, 3.8) is 0 Å². The number of likely N-dealkylation sites (tertiary alicyclic amines) is 1. The number of aromatic nitrogens is 2. The van der Waals surface area contributed by atoms with Crippen molar-refractivity contribution in [3.8, 4) is 17.3 Å². The summed E-state index contributed by atoms with van der Waals surface area (Å²) < 4.78 is 20.4.